The van der Waals surface area contributed by atoms with E-state index < -0.39 is 0 Å². The van der Waals surface area contributed by atoms with Gasteiger partial charge in [-0.15, -0.1) is 0 Å². The maximum atomic E-state index is 5.22. The second-order valence-corrected chi connectivity index (χ2v) is 2.51. The predicted molar refractivity (Wildman–Crippen MR) is 45.6 cm³/mol. The SMILES string of the molecule is CCC#CC1=CCC(C)=CO1. The van der Waals surface area contributed by atoms with E-state index in [0.29, 0.717) is 0 Å². The van der Waals surface area contributed by atoms with Crippen molar-refractivity contribution in [3.63, 3.8) is 0 Å². The van der Waals surface area contributed by atoms with Crippen molar-refractivity contribution in [3.8, 4) is 11.8 Å². The lowest BCUT2D eigenvalue weighted by atomic mass is 10.2. The molecule has 1 heteroatoms. The Morgan fingerprint density at radius 1 is 1.64 bits per heavy atom. The molecule has 0 atom stereocenters. The molecule has 0 amide bonds. The summed E-state index contributed by atoms with van der Waals surface area (Å²) in [6.45, 7) is 4.07. The van der Waals surface area contributed by atoms with E-state index in [-0.39, 0.29) is 0 Å². The van der Waals surface area contributed by atoms with Crippen molar-refractivity contribution < 1.29 is 4.74 Å². The summed E-state index contributed by atoms with van der Waals surface area (Å²) in [7, 11) is 0. The third kappa shape index (κ3) is 2.51. The van der Waals surface area contributed by atoms with E-state index in [4.69, 9.17) is 4.74 Å². The second-order valence-electron chi connectivity index (χ2n) is 2.51. The van der Waals surface area contributed by atoms with Crippen molar-refractivity contribution in [1.82, 2.24) is 0 Å². The monoisotopic (exact) mass is 148 g/mol. The van der Waals surface area contributed by atoms with Gasteiger partial charge in [0.2, 0.25) is 0 Å². The topological polar surface area (TPSA) is 9.23 Å². The molecule has 1 nitrogen and oxygen atoms in total. The highest BCUT2D eigenvalue weighted by molar-refractivity contribution is 5.27. The van der Waals surface area contributed by atoms with Crippen molar-refractivity contribution in [2.75, 3.05) is 0 Å². The van der Waals surface area contributed by atoms with Crippen molar-refractivity contribution in [2.45, 2.75) is 26.7 Å². The van der Waals surface area contributed by atoms with Crippen LogP contribution < -0.4 is 0 Å². The first-order valence-corrected chi connectivity index (χ1v) is 3.84. The molecule has 0 bridgehead atoms. The van der Waals surface area contributed by atoms with Crippen LogP contribution in [0.15, 0.2) is 23.7 Å². The largest absolute Gasteiger partial charge is 0.456 e. The standard InChI is InChI=1S/C10H12O/c1-3-4-5-10-7-6-9(2)8-11-10/h7-8H,3,6H2,1-2H3. The van der Waals surface area contributed by atoms with Crippen LogP contribution in [0, 0.1) is 11.8 Å². The molecule has 1 aliphatic heterocycles. The summed E-state index contributed by atoms with van der Waals surface area (Å²) in [6.07, 6.45) is 5.62. The van der Waals surface area contributed by atoms with E-state index in [1.165, 1.54) is 5.57 Å². The summed E-state index contributed by atoms with van der Waals surface area (Å²) >= 11 is 0. The molecule has 0 radical (unpaired) electrons. The Balaban J connectivity index is 2.52. The maximum Gasteiger partial charge on any atom is 0.172 e. The molecule has 0 unspecified atom stereocenters. The summed E-state index contributed by atoms with van der Waals surface area (Å²) in [5.41, 5.74) is 1.24. The number of ether oxygens (including phenoxy) is 1. The van der Waals surface area contributed by atoms with Crippen LogP contribution in [-0.4, -0.2) is 0 Å². The zero-order chi connectivity index (χ0) is 8.10. The van der Waals surface area contributed by atoms with Crippen molar-refractivity contribution >= 4 is 0 Å². The third-order valence-electron chi connectivity index (χ3n) is 1.38. The summed E-state index contributed by atoms with van der Waals surface area (Å²) in [6, 6.07) is 0. The first-order chi connectivity index (χ1) is 5.33. The van der Waals surface area contributed by atoms with Gasteiger partial charge in [0.25, 0.3) is 0 Å². The van der Waals surface area contributed by atoms with E-state index in [1.807, 2.05) is 19.9 Å². The molecule has 1 aliphatic rings. The molecule has 0 aromatic heterocycles. The fourth-order valence-corrected chi connectivity index (χ4v) is 0.770. The summed E-state index contributed by atoms with van der Waals surface area (Å²) in [5.74, 6) is 6.69. The average molecular weight is 148 g/mol. The first-order valence-electron chi connectivity index (χ1n) is 3.84. The summed E-state index contributed by atoms with van der Waals surface area (Å²) in [5, 5.41) is 0. The fraction of sp³-hybridized carbons (Fsp3) is 0.400. The van der Waals surface area contributed by atoms with Gasteiger partial charge >= 0.3 is 0 Å². The third-order valence-corrected chi connectivity index (χ3v) is 1.38. The Labute approximate surface area is 67.8 Å². The molecule has 0 N–H and O–H groups in total. The molecular formula is C10H12O. The molecule has 11 heavy (non-hydrogen) atoms. The van der Waals surface area contributed by atoms with E-state index in [1.54, 1.807) is 6.26 Å². The highest BCUT2D eigenvalue weighted by Crippen LogP contribution is 2.12. The summed E-state index contributed by atoms with van der Waals surface area (Å²) < 4.78 is 5.22. The number of hydrogen-bond acceptors (Lipinski definition) is 1. The predicted octanol–water partition coefficient (Wildman–Crippen LogP) is 2.61. The van der Waals surface area contributed by atoms with Crippen LogP contribution in [-0.2, 0) is 4.74 Å². The zero-order valence-corrected chi connectivity index (χ0v) is 6.98. The molecule has 58 valence electrons. The molecule has 1 rings (SSSR count). The molecule has 1 heterocycles. The van der Waals surface area contributed by atoms with E-state index in [9.17, 15) is 0 Å². The Morgan fingerprint density at radius 3 is 3.00 bits per heavy atom. The van der Waals surface area contributed by atoms with Crippen LogP contribution in [0.1, 0.15) is 26.7 Å². The normalized spacial score (nSPS) is 15.5. The van der Waals surface area contributed by atoms with Crippen molar-refractivity contribution in [3.05, 3.63) is 23.7 Å². The van der Waals surface area contributed by atoms with E-state index in [0.717, 1.165) is 18.6 Å². The second kappa shape index (κ2) is 3.88. The maximum absolute atomic E-state index is 5.22. The molecule has 0 saturated heterocycles. The Hall–Kier alpha value is -1.16. The molecule has 0 aromatic rings. The fourth-order valence-electron chi connectivity index (χ4n) is 0.770. The van der Waals surface area contributed by atoms with Gasteiger partial charge in [-0.05, 0) is 30.9 Å². The van der Waals surface area contributed by atoms with E-state index in [2.05, 4.69) is 11.8 Å². The van der Waals surface area contributed by atoms with Gasteiger partial charge in [0.1, 0.15) is 0 Å². The highest BCUT2D eigenvalue weighted by Gasteiger charge is 1.98. The molecular weight excluding hydrogens is 136 g/mol. The minimum Gasteiger partial charge on any atom is -0.456 e. The molecule has 0 saturated carbocycles. The number of rotatable bonds is 0. The summed E-state index contributed by atoms with van der Waals surface area (Å²) in [4.78, 5) is 0. The van der Waals surface area contributed by atoms with Gasteiger partial charge in [0, 0.05) is 6.42 Å². The van der Waals surface area contributed by atoms with Gasteiger partial charge in [0.15, 0.2) is 5.76 Å². The minimum absolute atomic E-state index is 0.789. The first kappa shape index (κ1) is 7.94. The van der Waals surface area contributed by atoms with Crippen LogP contribution >= 0.6 is 0 Å². The van der Waals surface area contributed by atoms with Crippen molar-refractivity contribution in [1.29, 1.82) is 0 Å². The van der Waals surface area contributed by atoms with Gasteiger partial charge in [-0.2, -0.15) is 0 Å². The molecule has 0 aromatic carbocycles. The van der Waals surface area contributed by atoms with Crippen LogP contribution in [0.4, 0.5) is 0 Å². The lowest BCUT2D eigenvalue weighted by Crippen LogP contribution is -1.90. The smallest absolute Gasteiger partial charge is 0.172 e. The number of allylic oxidation sites excluding steroid dienone is 3. The van der Waals surface area contributed by atoms with Gasteiger partial charge in [0.05, 0.1) is 6.26 Å². The van der Waals surface area contributed by atoms with Crippen LogP contribution in [0.3, 0.4) is 0 Å². The molecule has 0 spiro atoms. The van der Waals surface area contributed by atoms with Crippen LogP contribution in [0.2, 0.25) is 0 Å². The van der Waals surface area contributed by atoms with Crippen molar-refractivity contribution in [2.24, 2.45) is 0 Å². The quantitative estimate of drug-likeness (QED) is 0.480. The van der Waals surface area contributed by atoms with Crippen LogP contribution in [0.25, 0.3) is 0 Å². The van der Waals surface area contributed by atoms with Gasteiger partial charge < -0.3 is 4.74 Å². The molecule has 0 fully saturated rings. The molecule has 0 aliphatic carbocycles. The van der Waals surface area contributed by atoms with Gasteiger partial charge in [-0.1, -0.05) is 12.8 Å². The van der Waals surface area contributed by atoms with E-state index >= 15 is 0 Å². The van der Waals surface area contributed by atoms with Crippen LogP contribution in [0.5, 0.6) is 0 Å². The lowest BCUT2D eigenvalue weighted by molar-refractivity contribution is 0.358. The number of hydrogen-bond donors (Lipinski definition) is 0. The Kier molecular flexibility index (Phi) is 2.80. The zero-order valence-electron chi connectivity index (χ0n) is 6.98. The average Bonchev–Trinajstić information content (AvgIpc) is 2.04. The Morgan fingerprint density at radius 2 is 2.45 bits per heavy atom. The lowest BCUT2D eigenvalue weighted by Gasteiger charge is -2.06. The minimum atomic E-state index is 0.789. The van der Waals surface area contributed by atoms with Gasteiger partial charge in [-0.3, -0.25) is 0 Å². The highest BCUT2D eigenvalue weighted by atomic mass is 16.5. The Bertz CT molecular complexity index is 248. The van der Waals surface area contributed by atoms with Gasteiger partial charge in [-0.25, -0.2) is 0 Å².